The molecule has 1 heterocycles. The maximum Gasteiger partial charge on any atom is 0.262 e. The molecule has 1 aliphatic carbocycles. The molecule has 3 aromatic rings. The van der Waals surface area contributed by atoms with Crippen LogP contribution in [0.15, 0.2) is 58.5 Å². The minimum atomic E-state index is -0.464. The Morgan fingerprint density at radius 1 is 1.17 bits per heavy atom. The first-order valence-corrected chi connectivity index (χ1v) is 10.4. The smallest absolute Gasteiger partial charge is 0.262 e. The molecule has 1 saturated carbocycles. The second kappa shape index (κ2) is 7.83. The van der Waals surface area contributed by atoms with E-state index in [1.807, 2.05) is 18.2 Å². The van der Waals surface area contributed by atoms with Gasteiger partial charge in [-0.2, -0.15) is 0 Å². The average Bonchev–Trinajstić information content (AvgIpc) is 3.53. The van der Waals surface area contributed by atoms with Crippen LogP contribution >= 0.6 is 11.8 Å². The Morgan fingerprint density at radius 3 is 2.66 bits per heavy atom. The number of anilines is 1. The summed E-state index contributed by atoms with van der Waals surface area (Å²) >= 11 is 1.28. The number of benzene rings is 2. The predicted octanol–water partition coefficient (Wildman–Crippen LogP) is 4.05. The van der Waals surface area contributed by atoms with Crippen LogP contribution in [0.5, 0.6) is 0 Å². The number of hydrogen-bond acceptors (Lipinski definition) is 5. The summed E-state index contributed by atoms with van der Waals surface area (Å²) in [7, 11) is 0. The fourth-order valence-corrected chi connectivity index (χ4v) is 4.11. The van der Waals surface area contributed by atoms with Gasteiger partial charge in [0.2, 0.25) is 5.91 Å². The molecule has 0 aliphatic heterocycles. The van der Waals surface area contributed by atoms with Gasteiger partial charge in [0.05, 0.1) is 16.2 Å². The van der Waals surface area contributed by atoms with Gasteiger partial charge in [0, 0.05) is 17.3 Å². The van der Waals surface area contributed by atoms with Gasteiger partial charge < -0.3 is 5.32 Å². The zero-order valence-corrected chi connectivity index (χ0v) is 17.0. The van der Waals surface area contributed by atoms with Crippen molar-refractivity contribution in [3.63, 3.8) is 0 Å². The van der Waals surface area contributed by atoms with Crippen LogP contribution in [0, 0.1) is 0 Å². The number of amides is 1. The fraction of sp³-hybridized carbons (Fsp3) is 0.273. The van der Waals surface area contributed by atoms with Crippen molar-refractivity contribution >= 4 is 40.0 Å². The molecular weight excluding hydrogens is 386 g/mol. The Balaban J connectivity index is 1.58. The summed E-state index contributed by atoms with van der Waals surface area (Å²) in [6.07, 6.45) is 1.90. The molecule has 0 saturated heterocycles. The van der Waals surface area contributed by atoms with Crippen LogP contribution < -0.4 is 10.9 Å². The highest BCUT2D eigenvalue weighted by atomic mass is 32.2. The number of carbonyl (C=O) groups excluding carboxylic acids is 2. The Hall–Kier alpha value is -2.93. The van der Waals surface area contributed by atoms with Crippen LogP contribution in [-0.2, 0) is 4.79 Å². The molecule has 1 N–H and O–H groups in total. The molecule has 0 radical (unpaired) electrons. The van der Waals surface area contributed by atoms with Crippen molar-refractivity contribution in [3.05, 3.63) is 64.4 Å². The van der Waals surface area contributed by atoms with Crippen molar-refractivity contribution in [2.24, 2.45) is 0 Å². The Bertz CT molecular complexity index is 1170. The highest BCUT2D eigenvalue weighted by Crippen LogP contribution is 2.37. The number of nitrogens with zero attached hydrogens (tertiary/aromatic N) is 2. The van der Waals surface area contributed by atoms with E-state index in [1.54, 1.807) is 41.8 Å². The van der Waals surface area contributed by atoms with Gasteiger partial charge in [-0.1, -0.05) is 36.0 Å². The number of thioether (sulfide) groups is 1. The summed E-state index contributed by atoms with van der Waals surface area (Å²) in [6.45, 7) is 3.27. The topological polar surface area (TPSA) is 81.1 Å². The molecule has 0 bridgehead atoms. The first kappa shape index (κ1) is 19.4. The summed E-state index contributed by atoms with van der Waals surface area (Å²) in [5.74, 6) is -0.266. The summed E-state index contributed by atoms with van der Waals surface area (Å²) < 4.78 is 1.73. The zero-order valence-electron chi connectivity index (χ0n) is 16.2. The number of ketones is 1. The summed E-state index contributed by atoms with van der Waals surface area (Å²) in [6, 6.07) is 14.3. The molecule has 4 rings (SSSR count). The number of carbonyl (C=O) groups is 2. The second-order valence-corrected chi connectivity index (χ2v) is 8.51. The van der Waals surface area contributed by atoms with Gasteiger partial charge in [0.15, 0.2) is 10.9 Å². The molecule has 1 aromatic heterocycles. The minimum Gasteiger partial charge on any atom is -0.325 e. The maximum atomic E-state index is 13.0. The van der Waals surface area contributed by atoms with Crippen LogP contribution in [0.3, 0.4) is 0 Å². The van der Waals surface area contributed by atoms with E-state index in [-0.39, 0.29) is 23.3 Å². The lowest BCUT2D eigenvalue weighted by atomic mass is 10.1. The molecule has 1 aliphatic rings. The molecule has 7 heteroatoms. The molecule has 6 nitrogen and oxygen atoms in total. The van der Waals surface area contributed by atoms with Gasteiger partial charge >= 0.3 is 0 Å². The van der Waals surface area contributed by atoms with E-state index in [1.165, 1.54) is 18.7 Å². The lowest BCUT2D eigenvalue weighted by Gasteiger charge is -2.16. The van der Waals surface area contributed by atoms with Gasteiger partial charge in [-0.3, -0.25) is 19.0 Å². The Morgan fingerprint density at radius 2 is 1.93 bits per heavy atom. The van der Waals surface area contributed by atoms with Crippen LogP contribution in [0.2, 0.25) is 0 Å². The van der Waals surface area contributed by atoms with Crippen molar-refractivity contribution in [2.75, 3.05) is 5.32 Å². The number of rotatable bonds is 6. The third-order valence-corrected chi connectivity index (χ3v) is 5.94. The van der Waals surface area contributed by atoms with E-state index in [0.717, 1.165) is 12.8 Å². The number of nitrogens with one attached hydrogen (secondary N) is 1. The predicted molar refractivity (Wildman–Crippen MR) is 115 cm³/mol. The number of para-hydroxylation sites is 1. The van der Waals surface area contributed by atoms with Gasteiger partial charge in [0.25, 0.3) is 5.56 Å². The lowest BCUT2D eigenvalue weighted by molar-refractivity contribution is -0.115. The Kier molecular flexibility index (Phi) is 5.24. The standard InChI is InChI=1S/C22H21N3O3S/c1-13(26)15-6-5-7-16(12-15)23-20(27)14(2)29-22-24-19-9-4-3-8-18(19)21(28)25(22)17-10-11-17/h3-9,12,14,17H,10-11H2,1-2H3,(H,23,27)/t14-/m1/s1. The fourth-order valence-electron chi connectivity index (χ4n) is 3.13. The van der Waals surface area contributed by atoms with Crippen LogP contribution in [-0.4, -0.2) is 26.5 Å². The number of hydrogen-bond donors (Lipinski definition) is 1. The lowest BCUT2D eigenvalue weighted by Crippen LogP contribution is -2.26. The monoisotopic (exact) mass is 407 g/mol. The quantitative estimate of drug-likeness (QED) is 0.379. The van der Waals surface area contributed by atoms with Crippen molar-refractivity contribution < 1.29 is 9.59 Å². The molecule has 0 spiro atoms. The molecule has 2 aromatic carbocycles. The maximum absolute atomic E-state index is 13.0. The molecule has 148 valence electrons. The van der Waals surface area contributed by atoms with Crippen molar-refractivity contribution in [2.45, 2.75) is 43.1 Å². The summed E-state index contributed by atoms with van der Waals surface area (Å²) in [5, 5.41) is 3.55. The van der Waals surface area contributed by atoms with Crippen LogP contribution in [0.1, 0.15) is 43.1 Å². The number of Topliss-reactive ketones (excluding diaryl/α,β-unsaturated/α-hetero) is 1. The molecule has 0 unspecified atom stereocenters. The normalized spacial score (nSPS) is 14.6. The van der Waals surface area contributed by atoms with E-state index >= 15 is 0 Å². The molecule has 1 amide bonds. The van der Waals surface area contributed by atoms with Crippen LogP contribution in [0.25, 0.3) is 10.9 Å². The highest BCUT2D eigenvalue weighted by Gasteiger charge is 2.30. The van der Waals surface area contributed by atoms with E-state index in [0.29, 0.717) is 27.3 Å². The summed E-state index contributed by atoms with van der Waals surface area (Å²) in [5.41, 5.74) is 1.70. The third kappa shape index (κ3) is 4.10. The molecule has 1 fully saturated rings. The zero-order chi connectivity index (χ0) is 20.5. The SMILES string of the molecule is CC(=O)c1cccc(NC(=O)[C@@H](C)Sc2nc3ccccc3c(=O)n2C2CC2)c1. The molecule has 29 heavy (non-hydrogen) atoms. The number of aromatic nitrogens is 2. The van der Waals surface area contributed by atoms with Gasteiger partial charge in [0.1, 0.15) is 0 Å². The van der Waals surface area contributed by atoms with Gasteiger partial charge in [-0.15, -0.1) is 0 Å². The van der Waals surface area contributed by atoms with Crippen molar-refractivity contribution in [3.8, 4) is 0 Å². The van der Waals surface area contributed by atoms with Crippen LogP contribution in [0.4, 0.5) is 5.69 Å². The van der Waals surface area contributed by atoms with E-state index in [2.05, 4.69) is 10.3 Å². The minimum absolute atomic E-state index is 0.0534. The third-order valence-electron chi connectivity index (χ3n) is 4.88. The highest BCUT2D eigenvalue weighted by molar-refractivity contribution is 8.00. The average molecular weight is 407 g/mol. The largest absolute Gasteiger partial charge is 0.325 e. The summed E-state index contributed by atoms with van der Waals surface area (Å²) in [4.78, 5) is 41.9. The first-order valence-electron chi connectivity index (χ1n) is 9.54. The van der Waals surface area contributed by atoms with Gasteiger partial charge in [-0.25, -0.2) is 4.98 Å². The molecule has 1 atom stereocenters. The van der Waals surface area contributed by atoms with E-state index < -0.39 is 5.25 Å². The van der Waals surface area contributed by atoms with Gasteiger partial charge in [-0.05, 0) is 51.0 Å². The number of fused-ring (bicyclic) bond motifs is 1. The first-order chi connectivity index (χ1) is 13.9. The Labute approximate surface area is 172 Å². The van der Waals surface area contributed by atoms with Crippen molar-refractivity contribution in [1.82, 2.24) is 9.55 Å². The van der Waals surface area contributed by atoms with E-state index in [4.69, 9.17) is 0 Å². The second-order valence-electron chi connectivity index (χ2n) is 7.20. The molecular formula is C22H21N3O3S. The van der Waals surface area contributed by atoms with Crippen molar-refractivity contribution in [1.29, 1.82) is 0 Å². The van der Waals surface area contributed by atoms with E-state index in [9.17, 15) is 14.4 Å².